The second-order valence-electron chi connectivity index (χ2n) is 11.0. The van der Waals surface area contributed by atoms with Crippen molar-refractivity contribution < 1.29 is 22.7 Å². The summed E-state index contributed by atoms with van der Waals surface area (Å²) in [6.07, 6.45) is -0.458. The van der Waals surface area contributed by atoms with Gasteiger partial charge in [0, 0.05) is 17.4 Å². The van der Waals surface area contributed by atoms with Gasteiger partial charge in [0.2, 0.25) is 0 Å². The Labute approximate surface area is 229 Å². The average molecular weight is 558 g/mol. The molecule has 1 N–H and O–H groups in total. The molecule has 2 aliphatic rings. The molecule has 8 nitrogen and oxygen atoms in total. The van der Waals surface area contributed by atoms with Crippen LogP contribution in [0.4, 0.5) is 10.5 Å². The summed E-state index contributed by atoms with van der Waals surface area (Å²) in [7, 11) is -3.20. The summed E-state index contributed by atoms with van der Waals surface area (Å²) in [6.45, 7) is 9.42. The minimum atomic E-state index is -3.20. The molecule has 2 aromatic carbocycles. The first-order chi connectivity index (χ1) is 17.8. The van der Waals surface area contributed by atoms with E-state index >= 15 is 0 Å². The van der Waals surface area contributed by atoms with Gasteiger partial charge >= 0.3 is 6.09 Å². The smallest absolute Gasteiger partial charge is 0.408 e. The molecule has 2 amide bonds. The molecular weight excluding hydrogens is 522 g/mol. The molecule has 2 fully saturated rings. The highest BCUT2D eigenvalue weighted by Crippen LogP contribution is 2.43. The largest absolute Gasteiger partial charge is 0.444 e. The zero-order valence-corrected chi connectivity index (χ0v) is 24.0. The van der Waals surface area contributed by atoms with E-state index in [1.807, 2.05) is 59.5 Å². The fraction of sp³-hybridized carbons (Fsp3) is 0.464. The van der Waals surface area contributed by atoms with Crippen molar-refractivity contribution in [2.75, 3.05) is 16.4 Å². The number of nitrogens with zero attached hydrogens (tertiary/aromatic N) is 2. The third kappa shape index (κ3) is 6.77. The lowest BCUT2D eigenvalue weighted by Gasteiger charge is -2.28. The van der Waals surface area contributed by atoms with Crippen LogP contribution in [0.3, 0.4) is 0 Å². The summed E-state index contributed by atoms with van der Waals surface area (Å²) in [5.74, 6) is -0.283. The number of alkyl carbamates (subject to hydrolysis) is 1. The zero-order valence-electron chi connectivity index (χ0n) is 22.4. The number of hydrogen-bond donors (Lipinski definition) is 1. The molecule has 38 heavy (non-hydrogen) atoms. The lowest BCUT2D eigenvalue weighted by Crippen LogP contribution is -2.45. The zero-order chi connectivity index (χ0) is 27.7. The van der Waals surface area contributed by atoms with E-state index in [-0.39, 0.29) is 35.1 Å². The first-order valence-electron chi connectivity index (χ1n) is 12.7. The van der Waals surface area contributed by atoms with Crippen LogP contribution < -0.4 is 10.2 Å². The van der Waals surface area contributed by atoms with Gasteiger partial charge in [-0.2, -0.15) is 4.99 Å². The summed E-state index contributed by atoms with van der Waals surface area (Å²) >= 11 is 1.32. The molecule has 0 aliphatic carbocycles. The third-order valence-corrected chi connectivity index (χ3v) is 9.57. The summed E-state index contributed by atoms with van der Waals surface area (Å²) in [4.78, 5) is 32.7. The van der Waals surface area contributed by atoms with Crippen molar-refractivity contribution in [2.45, 2.75) is 69.9 Å². The van der Waals surface area contributed by atoms with Gasteiger partial charge < -0.3 is 15.0 Å². The number of rotatable bonds is 6. The van der Waals surface area contributed by atoms with Crippen LogP contribution in [0.1, 0.15) is 51.7 Å². The number of thioether (sulfide) groups is 1. The van der Waals surface area contributed by atoms with Crippen molar-refractivity contribution >= 4 is 44.5 Å². The van der Waals surface area contributed by atoms with Crippen LogP contribution in [0.15, 0.2) is 59.6 Å². The highest BCUT2D eigenvalue weighted by atomic mass is 32.2. The van der Waals surface area contributed by atoms with E-state index in [4.69, 9.17) is 4.74 Å². The van der Waals surface area contributed by atoms with Crippen molar-refractivity contribution in [3.63, 3.8) is 0 Å². The van der Waals surface area contributed by atoms with E-state index in [0.717, 1.165) is 16.8 Å². The average Bonchev–Trinajstić information content (AvgIpc) is 3.28. The molecule has 0 aromatic heterocycles. The third-order valence-electron chi connectivity index (χ3n) is 6.36. The first-order valence-corrected chi connectivity index (χ1v) is 15.4. The number of carbonyl (C=O) groups is 2. The number of fused-ring (bicyclic) bond motifs is 1. The predicted molar refractivity (Wildman–Crippen MR) is 153 cm³/mol. The minimum absolute atomic E-state index is 0.00785. The van der Waals surface area contributed by atoms with Gasteiger partial charge in [0.15, 0.2) is 15.0 Å². The van der Waals surface area contributed by atoms with Gasteiger partial charge in [-0.15, -0.1) is 0 Å². The van der Waals surface area contributed by atoms with Gasteiger partial charge in [-0.3, -0.25) is 4.79 Å². The maximum atomic E-state index is 13.6. The number of aliphatic imine (C=N–C) groups is 1. The van der Waals surface area contributed by atoms with Gasteiger partial charge in [0.1, 0.15) is 11.6 Å². The standard InChI is InChI=1S/C28H35N3O5S2/c1-18(2)20-13-9-10-14-22(20)31-23-16-38(34,35)17-24(23)37-26(31)30-25(32)21(15-19-11-7-6-8-12-19)29-27(33)36-28(3,4)5/h6-14,18,21,23-24H,15-17H2,1-5H3,(H,29,33)/t21-,23-,24-/m1/s1. The highest BCUT2D eigenvalue weighted by molar-refractivity contribution is 8.16. The molecular formula is C28H35N3O5S2. The van der Waals surface area contributed by atoms with Crippen molar-refractivity contribution in [3.05, 3.63) is 65.7 Å². The van der Waals surface area contributed by atoms with Crippen LogP contribution >= 0.6 is 11.8 Å². The summed E-state index contributed by atoms with van der Waals surface area (Å²) in [6, 6.07) is 15.9. The second-order valence-corrected chi connectivity index (χ2v) is 14.4. The molecule has 0 radical (unpaired) electrons. The molecule has 0 spiro atoms. The lowest BCUT2D eigenvalue weighted by molar-refractivity contribution is -0.119. The summed E-state index contributed by atoms with van der Waals surface area (Å²) in [5, 5.41) is 2.93. The highest BCUT2D eigenvalue weighted by Gasteiger charge is 2.50. The van der Waals surface area contributed by atoms with Crippen LogP contribution in [-0.4, -0.2) is 60.0 Å². The maximum Gasteiger partial charge on any atom is 0.408 e. The maximum absolute atomic E-state index is 13.6. The van der Waals surface area contributed by atoms with Gasteiger partial charge in [0.25, 0.3) is 5.91 Å². The fourth-order valence-electron chi connectivity index (χ4n) is 4.71. The molecule has 3 atom stereocenters. The Kier molecular flexibility index (Phi) is 8.23. The number of sulfone groups is 1. The monoisotopic (exact) mass is 557 g/mol. The van der Waals surface area contributed by atoms with E-state index in [1.54, 1.807) is 20.8 Å². The van der Waals surface area contributed by atoms with E-state index in [1.165, 1.54) is 11.8 Å². The number of para-hydroxylation sites is 1. The molecule has 0 unspecified atom stereocenters. The molecule has 2 heterocycles. The van der Waals surface area contributed by atoms with Crippen LogP contribution in [0.2, 0.25) is 0 Å². The number of nitrogens with one attached hydrogen (secondary N) is 1. The lowest BCUT2D eigenvalue weighted by atomic mass is 9.99. The number of ether oxygens (including phenoxy) is 1. The summed E-state index contributed by atoms with van der Waals surface area (Å²) in [5.41, 5.74) is 2.04. The molecule has 0 saturated carbocycles. The Bertz CT molecular complexity index is 1320. The van der Waals surface area contributed by atoms with Gasteiger partial charge in [0.05, 0.1) is 17.5 Å². The Morgan fingerprint density at radius 3 is 2.39 bits per heavy atom. The van der Waals surface area contributed by atoms with Gasteiger partial charge in [-0.1, -0.05) is 74.1 Å². The van der Waals surface area contributed by atoms with E-state index < -0.39 is 33.5 Å². The topological polar surface area (TPSA) is 105 Å². The predicted octanol–water partition coefficient (Wildman–Crippen LogP) is 4.55. The molecule has 2 saturated heterocycles. The fourth-order valence-corrected chi connectivity index (χ4v) is 8.63. The van der Waals surface area contributed by atoms with E-state index in [0.29, 0.717) is 5.17 Å². The molecule has 0 bridgehead atoms. The van der Waals surface area contributed by atoms with Crippen molar-refractivity contribution in [2.24, 2.45) is 4.99 Å². The Hall–Kier alpha value is -2.85. The molecule has 10 heteroatoms. The quantitative estimate of drug-likeness (QED) is 0.556. The van der Waals surface area contributed by atoms with Crippen LogP contribution in [0, 0.1) is 0 Å². The number of carbonyl (C=O) groups excluding carboxylic acids is 2. The Morgan fingerprint density at radius 1 is 1.08 bits per heavy atom. The van der Waals surface area contributed by atoms with Crippen molar-refractivity contribution in [3.8, 4) is 0 Å². The van der Waals surface area contributed by atoms with E-state index in [9.17, 15) is 18.0 Å². The minimum Gasteiger partial charge on any atom is -0.444 e. The SMILES string of the molecule is CC(C)c1ccccc1N1C(=NC(=O)[C@@H](Cc2ccccc2)NC(=O)OC(C)(C)C)S[C@@H]2CS(=O)(=O)C[C@H]21. The number of hydrogen-bond acceptors (Lipinski definition) is 6. The molecule has 2 aromatic rings. The Balaban J connectivity index is 1.69. The van der Waals surface area contributed by atoms with Gasteiger partial charge in [-0.05, 0) is 43.9 Å². The van der Waals surface area contributed by atoms with Gasteiger partial charge in [-0.25, -0.2) is 13.2 Å². The number of benzene rings is 2. The number of anilines is 1. The van der Waals surface area contributed by atoms with Crippen LogP contribution in [0.25, 0.3) is 0 Å². The molecule has 2 aliphatic heterocycles. The Morgan fingerprint density at radius 2 is 1.74 bits per heavy atom. The normalized spacial score (nSPS) is 22.4. The molecule has 4 rings (SSSR count). The van der Waals surface area contributed by atoms with E-state index in [2.05, 4.69) is 24.2 Å². The second kappa shape index (κ2) is 11.1. The van der Waals surface area contributed by atoms with Crippen LogP contribution in [0.5, 0.6) is 0 Å². The van der Waals surface area contributed by atoms with Crippen LogP contribution in [-0.2, 0) is 25.8 Å². The number of amides is 2. The summed E-state index contributed by atoms with van der Waals surface area (Å²) < 4.78 is 30.4. The van der Waals surface area contributed by atoms with Crippen molar-refractivity contribution in [1.82, 2.24) is 5.32 Å². The molecule has 204 valence electrons. The van der Waals surface area contributed by atoms with Crippen molar-refractivity contribution in [1.29, 1.82) is 0 Å². The number of amidine groups is 1. The first kappa shape index (κ1) is 28.2.